The lowest BCUT2D eigenvalue weighted by atomic mass is 10.0. The van der Waals surface area contributed by atoms with Crippen LogP contribution in [0.25, 0.3) is 22.4 Å². The predicted molar refractivity (Wildman–Crippen MR) is 131 cm³/mol. The van der Waals surface area contributed by atoms with E-state index in [-0.39, 0.29) is 6.42 Å². The number of carbonyl (C=O) groups is 2. The SMILES string of the molecule is Cc1onc(-c2cccc(-c3cncc(CC(=O)O)c3)c2)c1NC(=O)OC(C)c1ccccc1Cl. The quantitative estimate of drug-likeness (QED) is 0.311. The van der Waals surface area contributed by atoms with Crippen LogP contribution < -0.4 is 5.32 Å². The first-order chi connectivity index (χ1) is 16.8. The summed E-state index contributed by atoms with van der Waals surface area (Å²) in [6.07, 6.45) is 1.82. The van der Waals surface area contributed by atoms with Crippen LogP contribution in [0.4, 0.5) is 10.5 Å². The standard InChI is InChI=1S/C26H22ClN3O5/c1-15(21-8-3-4-9-22(21)27)34-26(33)29-24-16(2)35-30-25(24)19-7-5-6-18(12-19)20-10-17(11-23(31)32)13-28-14-20/h3-10,12-15H,11H2,1-2H3,(H,29,33)(H,31,32). The zero-order valence-corrected chi connectivity index (χ0v) is 19.7. The maximum absolute atomic E-state index is 12.7. The zero-order valence-electron chi connectivity index (χ0n) is 19.0. The molecule has 1 amide bonds. The largest absolute Gasteiger partial charge is 0.481 e. The number of anilines is 1. The van der Waals surface area contributed by atoms with Crippen molar-refractivity contribution in [3.63, 3.8) is 0 Å². The van der Waals surface area contributed by atoms with Gasteiger partial charge in [-0.25, -0.2) is 4.79 Å². The summed E-state index contributed by atoms with van der Waals surface area (Å²) in [5.74, 6) is -0.514. The lowest BCUT2D eigenvalue weighted by Gasteiger charge is -2.15. The van der Waals surface area contributed by atoms with Crippen molar-refractivity contribution in [2.75, 3.05) is 5.32 Å². The third-order valence-electron chi connectivity index (χ3n) is 5.34. The van der Waals surface area contributed by atoms with Crippen molar-refractivity contribution in [2.45, 2.75) is 26.4 Å². The fraction of sp³-hybridized carbons (Fsp3) is 0.154. The molecule has 0 aliphatic rings. The number of hydrogen-bond acceptors (Lipinski definition) is 6. The minimum absolute atomic E-state index is 0.119. The summed E-state index contributed by atoms with van der Waals surface area (Å²) in [5.41, 5.74) is 4.36. The number of aliphatic carboxylic acids is 1. The molecule has 0 bridgehead atoms. The van der Waals surface area contributed by atoms with E-state index in [1.165, 1.54) is 6.20 Å². The number of benzene rings is 2. The van der Waals surface area contributed by atoms with E-state index in [4.69, 9.17) is 26.0 Å². The number of halogens is 1. The molecule has 1 unspecified atom stereocenters. The van der Waals surface area contributed by atoms with Crippen molar-refractivity contribution in [3.05, 3.63) is 88.9 Å². The normalized spacial score (nSPS) is 11.6. The van der Waals surface area contributed by atoms with Gasteiger partial charge in [0, 0.05) is 34.1 Å². The summed E-state index contributed by atoms with van der Waals surface area (Å²) in [6.45, 7) is 3.42. The van der Waals surface area contributed by atoms with Crippen LogP contribution in [-0.2, 0) is 16.0 Å². The van der Waals surface area contributed by atoms with Gasteiger partial charge in [0.05, 0.1) is 6.42 Å². The lowest BCUT2D eigenvalue weighted by molar-refractivity contribution is -0.136. The second kappa shape index (κ2) is 10.4. The molecule has 9 heteroatoms. The van der Waals surface area contributed by atoms with Crippen LogP contribution in [0.3, 0.4) is 0 Å². The highest BCUT2D eigenvalue weighted by atomic mass is 35.5. The third-order valence-corrected chi connectivity index (χ3v) is 5.68. The third kappa shape index (κ3) is 5.67. The van der Waals surface area contributed by atoms with Crippen LogP contribution in [-0.4, -0.2) is 27.3 Å². The van der Waals surface area contributed by atoms with E-state index in [9.17, 15) is 9.59 Å². The molecule has 0 fully saturated rings. The number of nitrogens with one attached hydrogen (secondary N) is 1. The molecule has 2 aromatic heterocycles. The predicted octanol–water partition coefficient (Wildman–Crippen LogP) is 6.30. The molecule has 4 rings (SSSR count). The molecule has 0 spiro atoms. The molecule has 0 aliphatic heterocycles. The fourth-order valence-corrected chi connectivity index (χ4v) is 3.93. The number of rotatable bonds is 7. The van der Waals surface area contributed by atoms with Crippen molar-refractivity contribution >= 4 is 29.4 Å². The summed E-state index contributed by atoms with van der Waals surface area (Å²) in [5, 5.41) is 16.4. The average Bonchev–Trinajstić information content (AvgIpc) is 3.19. The van der Waals surface area contributed by atoms with Crippen LogP contribution in [0.2, 0.25) is 5.02 Å². The Morgan fingerprint density at radius 2 is 1.86 bits per heavy atom. The van der Waals surface area contributed by atoms with Gasteiger partial charge in [0.25, 0.3) is 0 Å². The summed E-state index contributed by atoms with van der Waals surface area (Å²) in [4.78, 5) is 27.9. The van der Waals surface area contributed by atoms with Gasteiger partial charge < -0.3 is 14.4 Å². The Balaban J connectivity index is 1.56. The fourth-order valence-electron chi connectivity index (χ4n) is 3.64. The number of amides is 1. The molecule has 1 atom stereocenters. The molecule has 2 heterocycles. The Morgan fingerprint density at radius 1 is 1.09 bits per heavy atom. The van der Waals surface area contributed by atoms with Crippen molar-refractivity contribution in [1.29, 1.82) is 0 Å². The molecular formula is C26H22ClN3O5. The summed E-state index contributed by atoms with van der Waals surface area (Å²) in [6, 6.07) is 16.3. The maximum atomic E-state index is 12.7. The number of ether oxygens (including phenoxy) is 1. The Morgan fingerprint density at radius 3 is 2.63 bits per heavy atom. The monoisotopic (exact) mass is 491 g/mol. The highest BCUT2D eigenvalue weighted by molar-refractivity contribution is 6.31. The highest BCUT2D eigenvalue weighted by Crippen LogP contribution is 2.33. The topological polar surface area (TPSA) is 115 Å². The minimum Gasteiger partial charge on any atom is -0.481 e. The van der Waals surface area contributed by atoms with Crippen LogP contribution in [0.1, 0.15) is 29.9 Å². The molecule has 178 valence electrons. The van der Waals surface area contributed by atoms with Gasteiger partial charge in [-0.15, -0.1) is 0 Å². The van der Waals surface area contributed by atoms with E-state index in [0.29, 0.717) is 38.9 Å². The molecule has 4 aromatic rings. The number of aryl methyl sites for hydroxylation is 1. The van der Waals surface area contributed by atoms with Crippen LogP contribution >= 0.6 is 11.6 Å². The number of aromatic nitrogens is 2. The van der Waals surface area contributed by atoms with E-state index in [0.717, 1.165) is 11.1 Å². The van der Waals surface area contributed by atoms with Crippen LogP contribution in [0.5, 0.6) is 0 Å². The number of pyridine rings is 1. The smallest absolute Gasteiger partial charge is 0.412 e. The average molecular weight is 492 g/mol. The molecule has 0 radical (unpaired) electrons. The number of carboxylic acids is 1. The first kappa shape index (κ1) is 24.0. The Labute approximate surface area is 206 Å². The van der Waals surface area contributed by atoms with Gasteiger partial charge in [0.1, 0.15) is 17.5 Å². The van der Waals surface area contributed by atoms with Gasteiger partial charge in [-0.05, 0) is 43.2 Å². The molecule has 35 heavy (non-hydrogen) atoms. The van der Waals surface area contributed by atoms with E-state index in [1.54, 1.807) is 44.3 Å². The van der Waals surface area contributed by atoms with Crippen molar-refractivity contribution < 1.29 is 24.0 Å². The Hall–Kier alpha value is -4.17. The molecule has 0 aliphatic carbocycles. The Kier molecular flexibility index (Phi) is 7.12. The van der Waals surface area contributed by atoms with Gasteiger partial charge in [-0.2, -0.15) is 0 Å². The summed E-state index contributed by atoms with van der Waals surface area (Å²) < 4.78 is 10.9. The van der Waals surface area contributed by atoms with E-state index < -0.39 is 18.2 Å². The van der Waals surface area contributed by atoms with Gasteiger partial charge in [0.15, 0.2) is 5.76 Å². The Bertz CT molecular complexity index is 1380. The van der Waals surface area contributed by atoms with Crippen molar-refractivity contribution in [2.24, 2.45) is 0 Å². The first-order valence-corrected chi connectivity index (χ1v) is 11.1. The molecule has 2 N–H and O–H groups in total. The van der Waals surface area contributed by atoms with Crippen molar-refractivity contribution in [3.8, 4) is 22.4 Å². The van der Waals surface area contributed by atoms with E-state index in [1.807, 2.05) is 30.3 Å². The van der Waals surface area contributed by atoms with Gasteiger partial charge in [-0.1, -0.05) is 53.2 Å². The molecule has 8 nitrogen and oxygen atoms in total. The van der Waals surface area contributed by atoms with E-state index >= 15 is 0 Å². The number of carbonyl (C=O) groups excluding carboxylic acids is 1. The summed E-state index contributed by atoms with van der Waals surface area (Å²) >= 11 is 6.21. The van der Waals surface area contributed by atoms with E-state index in [2.05, 4.69) is 15.5 Å². The highest BCUT2D eigenvalue weighted by Gasteiger charge is 2.21. The van der Waals surface area contributed by atoms with Crippen molar-refractivity contribution in [1.82, 2.24) is 10.1 Å². The first-order valence-electron chi connectivity index (χ1n) is 10.8. The molecular weight excluding hydrogens is 470 g/mol. The van der Waals surface area contributed by atoms with Crippen LogP contribution in [0, 0.1) is 6.92 Å². The molecule has 0 saturated heterocycles. The molecule has 2 aromatic carbocycles. The van der Waals surface area contributed by atoms with Crippen LogP contribution in [0.15, 0.2) is 71.5 Å². The van der Waals surface area contributed by atoms with Gasteiger partial charge in [0.2, 0.25) is 0 Å². The maximum Gasteiger partial charge on any atom is 0.412 e. The summed E-state index contributed by atoms with van der Waals surface area (Å²) in [7, 11) is 0. The molecule has 0 saturated carbocycles. The second-order valence-electron chi connectivity index (χ2n) is 7.89. The van der Waals surface area contributed by atoms with Gasteiger partial charge in [-0.3, -0.25) is 15.1 Å². The minimum atomic E-state index is -0.928. The number of nitrogens with zero attached hydrogens (tertiary/aromatic N) is 2. The van der Waals surface area contributed by atoms with Gasteiger partial charge >= 0.3 is 12.1 Å². The lowest BCUT2D eigenvalue weighted by Crippen LogP contribution is -2.17. The zero-order chi connectivity index (χ0) is 24.9. The number of carboxylic acid groups (broad SMARTS) is 1. The second-order valence-corrected chi connectivity index (χ2v) is 8.30. The number of hydrogen-bond donors (Lipinski definition) is 2.